The molecule has 18 heavy (non-hydrogen) atoms. The van der Waals surface area contributed by atoms with Crippen LogP contribution in [-0.2, 0) is 16.0 Å². The van der Waals surface area contributed by atoms with E-state index in [4.69, 9.17) is 4.74 Å². The zero-order valence-electron chi connectivity index (χ0n) is 10.9. The first-order valence-corrected chi connectivity index (χ1v) is 6.20. The largest absolute Gasteiger partial charge is 0.465 e. The van der Waals surface area contributed by atoms with Gasteiger partial charge in [0.1, 0.15) is 0 Å². The lowest BCUT2D eigenvalue weighted by Gasteiger charge is -2.33. The number of benzene rings is 1. The van der Waals surface area contributed by atoms with Gasteiger partial charge in [-0.2, -0.15) is 0 Å². The number of ether oxygens (including phenoxy) is 2. The number of rotatable bonds is 3. The second-order valence-corrected chi connectivity index (χ2v) is 4.58. The zero-order chi connectivity index (χ0) is 13.0. The van der Waals surface area contributed by atoms with Crippen LogP contribution in [0.1, 0.15) is 22.8 Å². The zero-order valence-corrected chi connectivity index (χ0v) is 10.9. The van der Waals surface area contributed by atoms with Crippen LogP contribution >= 0.6 is 0 Å². The number of carbonyl (C=O) groups is 1. The van der Waals surface area contributed by atoms with Crippen molar-refractivity contribution < 1.29 is 14.3 Å². The van der Waals surface area contributed by atoms with E-state index in [1.165, 1.54) is 12.7 Å². The van der Waals surface area contributed by atoms with Crippen LogP contribution in [0.4, 0.5) is 0 Å². The average Bonchev–Trinajstić information content (AvgIpc) is 2.41. The van der Waals surface area contributed by atoms with Crippen molar-refractivity contribution in [2.45, 2.75) is 19.5 Å². The van der Waals surface area contributed by atoms with Crippen molar-refractivity contribution in [1.82, 2.24) is 4.90 Å². The highest BCUT2D eigenvalue weighted by Crippen LogP contribution is 2.13. The molecule has 4 nitrogen and oxygen atoms in total. The predicted octanol–water partition coefficient (Wildman–Crippen LogP) is 1.69. The number of nitrogens with zero attached hydrogens (tertiary/aromatic N) is 1. The predicted molar refractivity (Wildman–Crippen MR) is 68.5 cm³/mol. The first-order chi connectivity index (χ1) is 8.70. The van der Waals surface area contributed by atoms with Crippen LogP contribution in [0.2, 0.25) is 0 Å². The Kier molecular flexibility index (Phi) is 4.33. The van der Waals surface area contributed by atoms with Crippen LogP contribution in [0.5, 0.6) is 0 Å². The Morgan fingerprint density at radius 2 is 2.17 bits per heavy atom. The highest BCUT2D eigenvalue weighted by atomic mass is 16.5. The molecule has 1 fully saturated rings. The third-order valence-corrected chi connectivity index (χ3v) is 3.27. The van der Waals surface area contributed by atoms with Gasteiger partial charge in [0.15, 0.2) is 0 Å². The fourth-order valence-corrected chi connectivity index (χ4v) is 2.09. The number of esters is 1. The fraction of sp³-hybridized carbons (Fsp3) is 0.500. The molecule has 1 aliphatic rings. The van der Waals surface area contributed by atoms with Crippen LogP contribution in [0.25, 0.3) is 0 Å². The second-order valence-electron chi connectivity index (χ2n) is 4.58. The SMILES string of the molecule is COC(=O)c1ccc(CN2CCOC[C@@H]2C)cc1. The molecule has 0 aliphatic carbocycles. The third kappa shape index (κ3) is 3.09. The number of hydrogen-bond acceptors (Lipinski definition) is 4. The van der Waals surface area contributed by atoms with E-state index in [2.05, 4.69) is 16.6 Å². The van der Waals surface area contributed by atoms with Crippen LogP contribution in [0, 0.1) is 0 Å². The van der Waals surface area contributed by atoms with E-state index in [9.17, 15) is 4.79 Å². The summed E-state index contributed by atoms with van der Waals surface area (Å²) in [5.41, 5.74) is 1.80. The third-order valence-electron chi connectivity index (χ3n) is 3.27. The molecule has 1 aromatic carbocycles. The van der Waals surface area contributed by atoms with Crippen LogP contribution in [-0.4, -0.2) is 43.8 Å². The van der Waals surface area contributed by atoms with Gasteiger partial charge in [-0.3, -0.25) is 4.90 Å². The maximum Gasteiger partial charge on any atom is 0.337 e. The Balaban J connectivity index is 1.99. The standard InChI is InChI=1S/C14H19NO3/c1-11-10-18-8-7-15(11)9-12-3-5-13(6-4-12)14(16)17-2/h3-6,11H,7-10H2,1-2H3/t11-/m0/s1. The summed E-state index contributed by atoms with van der Waals surface area (Å²) < 4.78 is 10.1. The van der Waals surface area contributed by atoms with Gasteiger partial charge >= 0.3 is 5.97 Å². The molecule has 1 atom stereocenters. The van der Waals surface area contributed by atoms with E-state index >= 15 is 0 Å². The van der Waals surface area contributed by atoms with Gasteiger partial charge in [0.05, 0.1) is 25.9 Å². The van der Waals surface area contributed by atoms with Crippen LogP contribution < -0.4 is 0 Å². The molecule has 1 saturated heterocycles. The maximum absolute atomic E-state index is 11.3. The van der Waals surface area contributed by atoms with E-state index < -0.39 is 0 Å². The van der Waals surface area contributed by atoms with Crippen molar-refractivity contribution in [3.63, 3.8) is 0 Å². The van der Waals surface area contributed by atoms with Crippen molar-refractivity contribution in [2.24, 2.45) is 0 Å². The lowest BCUT2D eigenvalue weighted by molar-refractivity contribution is -0.00437. The van der Waals surface area contributed by atoms with Crippen LogP contribution in [0.3, 0.4) is 0 Å². The van der Waals surface area contributed by atoms with Gasteiger partial charge in [-0.15, -0.1) is 0 Å². The summed E-state index contributed by atoms with van der Waals surface area (Å²) in [5, 5.41) is 0. The summed E-state index contributed by atoms with van der Waals surface area (Å²) in [6.45, 7) is 5.61. The summed E-state index contributed by atoms with van der Waals surface area (Å²) >= 11 is 0. The van der Waals surface area contributed by atoms with E-state index in [0.717, 1.165) is 26.3 Å². The first kappa shape index (κ1) is 13.1. The molecular formula is C14H19NO3. The molecule has 0 unspecified atom stereocenters. The minimum absolute atomic E-state index is 0.290. The van der Waals surface area contributed by atoms with Crippen molar-refractivity contribution >= 4 is 5.97 Å². The Labute approximate surface area is 107 Å². The minimum Gasteiger partial charge on any atom is -0.465 e. The number of morpholine rings is 1. The molecule has 0 aromatic heterocycles. The number of hydrogen-bond donors (Lipinski definition) is 0. The smallest absolute Gasteiger partial charge is 0.337 e. The van der Waals surface area contributed by atoms with E-state index in [0.29, 0.717) is 11.6 Å². The molecule has 1 heterocycles. The molecule has 0 spiro atoms. The quantitative estimate of drug-likeness (QED) is 0.764. The highest BCUT2D eigenvalue weighted by Gasteiger charge is 2.18. The molecule has 98 valence electrons. The van der Waals surface area contributed by atoms with E-state index in [1.807, 2.05) is 24.3 Å². The van der Waals surface area contributed by atoms with Gasteiger partial charge in [0, 0.05) is 19.1 Å². The monoisotopic (exact) mass is 249 g/mol. The summed E-state index contributed by atoms with van der Waals surface area (Å²) in [6, 6.07) is 8.03. The van der Waals surface area contributed by atoms with Gasteiger partial charge in [-0.25, -0.2) is 4.79 Å². The molecule has 1 aliphatic heterocycles. The topological polar surface area (TPSA) is 38.8 Å². The molecule has 0 amide bonds. The van der Waals surface area contributed by atoms with E-state index in [-0.39, 0.29) is 5.97 Å². The fourth-order valence-electron chi connectivity index (χ4n) is 2.09. The Morgan fingerprint density at radius 1 is 1.44 bits per heavy atom. The molecular weight excluding hydrogens is 230 g/mol. The van der Waals surface area contributed by atoms with Crippen molar-refractivity contribution in [3.05, 3.63) is 35.4 Å². The maximum atomic E-state index is 11.3. The van der Waals surface area contributed by atoms with Crippen molar-refractivity contribution in [2.75, 3.05) is 26.9 Å². The normalized spacial score (nSPS) is 20.7. The molecule has 0 saturated carbocycles. The Morgan fingerprint density at radius 3 is 2.78 bits per heavy atom. The summed E-state index contributed by atoms with van der Waals surface area (Å²) in [5.74, 6) is -0.290. The average molecular weight is 249 g/mol. The number of methoxy groups -OCH3 is 1. The molecule has 1 aromatic rings. The van der Waals surface area contributed by atoms with Crippen molar-refractivity contribution in [1.29, 1.82) is 0 Å². The Bertz CT molecular complexity index is 402. The molecule has 0 bridgehead atoms. The molecule has 4 heteroatoms. The summed E-state index contributed by atoms with van der Waals surface area (Å²) in [6.07, 6.45) is 0. The lowest BCUT2D eigenvalue weighted by atomic mass is 10.1. The Hall–Kier alpha value is -1.39. The lowest BCUT2D eigenvalue weighted by Crippen LogP contribution is -2.42. The molecule has 0 radical (unpaired) electrons. The van der Waals surface area contributed by atoms with E-state index in [1.54, 1.807) is 0 Å². The highest BCUT2D eigenvalue weighted by molar-refractivity contribution is 5.89. The molecule has 0 N–H and O–H groups in total. The first-order valence-electron chi connectivity index (χ1n) is 6.20. The van der Waals surface area contributed by atoms with Gasteiger partial charge in [0.2, 0.25) is 0 Å². The number of carbonyl (C=O) groups excluding carboxylic acids is 1. The van der Waals surface area contributed by atoms with Gasteiger partial charge in [-0.05, 0) is 24.6 Å². The van der Waals surface area contributed by atoms with Gasteiger partial charge < -0.3 is 9.47 Å². The summed E-state index contributed by atoms with van der Waals surface area (Å²) in [7, 11) is 1.39. The summed E-state index contributed by atoms with van der Waals surface area (Å²) in [4.78, 5) is 13.7. The minimum atomic E-state index is -0.290. The van der Waals surface area contributed by atoms with Gasteiger partial charge in [0.25, 0.3) is 0 Å². The van der Waals surface area contributed by atoms with Crippen molar-refractivity contribution in [3.8, 4) is 0 Å². The molecule has 2 rings (SSSR count). The second kappa shape index (κ2) is 5.98. The van der Waals surface area contributed by atoms with Crippen LogP contribution in [0.15, 0.2) is 24.3 Å². The van der Waals surface area contributed by atoms with Gasteiger partial charge in [-0.1, -0.05) is 12.1 Å².